The fraction of sp³-hybridized carbons (Fsp3) is 0.375. The van der Waals surface area contributed by atoms with Crippen LogP contribution in [0.2, 0.25) is 5.02 Å². The van der Waals surface area contributed by atoms with E-state index < -0.39 is 9.84 Å². The first-order chi connectivity index (χ1) is 14.9. The third-order valence-electron chi connectivity index (χ3n) is 6.15. The third-order valence-corrected chi connectivity index (χ3v) is 8.20. The molecule has 0 radical (unpaired) electrons. The number of halogens is 1. The van der Waals surface area contributed by atoms with Gasteiger partial charge in [-0.2, -0.15) is 0 Å². The molecule has 1 amide bonds. The highest BCUT2D eigenvalue weighted by molar-refractivity contribution is 7.91. The summed E-state index contributed by atoms with van der Waals surface area (Å²) >= 11 is 5.93. The van der Waals surface area contributed by atoms with Gasteiger partial charge in [0.05, 0.1) is 9.79 Å². The van der Waals surface area contributed by atoms with Gasteiger partial charge in [0.2, 0.25) is 15.7 Å². The Morgan fingerprint density at radius 2 is 1.74 bits per heavy atom. The molecule has 0 unspecified atom stereocenters. The Labute approximate surface area is 188 Å². The van der Waals surface area contributed by atoms with Gasteiger partial charge in [0, 0.05) is 34.7 Å². The van der Waals surface area contributed by atoms with Crippen molar-refractivity contribution in [1.82, 2.24) is 9.47 Å². The summed E-state index contributed by atoms with van der Waals surface area (Å²) in [5.74, 6) is 0.0330. The van der Waals surface area contributed by atoms with Crippen LogP contribution in [0.4, 0.5) is 0 Å². The highest BCUT2D eigenvalue weighted by Gasteiger charge is 2.27. The lowest BCUT2D eigenvalue weighted by Gasteiger charge is -2.33. The van der Waals surface area contributed by atoms with Crippen molar-refractivity contribution in [2.24, 2.45) is 0 Å². The summed E-state index contributed by atoms with van der Waals surface area (Å²) in [6.07, 6.45) is 7.23. The van der Waals surface area contributed by atoms with Crippen molar-refractivity contribution in [2.75, 3.05) is 6.54 Å². The lowest BCUT2D eigenvalue weighted by molar-refractivity contribution is -0.134. The number of carbonyl (C=O) groups is 1. The number of nitrogens with zero attached hydrogens (tertiary/aromatic N) is 2. The van der Waals surface area contributed by atoms with E-state index in [-0.39, 0.29) is 28.3 Å². The second-order valence-electron chi connectivity index (χ2n) is 8.07. The van der Waals surface area contributed by atoms with E-state index in [1.54, 1.807) is 29.0 Å². The Hall–Kier alpha value is -2.31. The molecular weight excluding hydrogens is 432 g/mol. The predicted molar refractivity (Wildman–Crippen MR) is 123 cm³/mol. The summed E-state index contributed by atoms with van der Waals surface area (Å²) in [5, 5.41) is 1.10. The molecule has 1 aliphatic rings. The van der Waals surface area contributed by atoms with Crippen molar-refractivity contribution in [3.05, 3.63) is 59.8 Å². The fourth-order valence-electron chi connectivity index (χ4n) is 4.57. The minimum absolute atomic E-state index is 0.0330. The van der Waals surface area contributed by atoms with Crippen LogP contribution in [0.15, 0.2) is 64.5 Å². The summed E-state index contributed by atoms with van der Waals surface area (Å²) in [6.45, 7) is 2.80. The van der Waals surface area contributed by atoms with Gasteiger partial charge in [-0.15, -0.1) is 0 Å². The van der Waals surface area contributed by atoms with Crippen LogP contribution in [-0.4, -0.2) is 36.4 Å². The SMILES string of the molecule is CCN(C(=O)Cn1cc(S(=O)(=O)c2ccc(Cl)cc2)c2ccccc21)C1CCCCC1. The molecule has 1 fully saturated rings. The number of fused-ring (bicyclic) bond motifs is 1. The van der Waals surface area contributed by atoms with Gasteiger partial charge in [-0.3, -0.25) is 4.79 Å². The molecule has 0 atom stereocenters. The van der Waals surface area contributed by atoms with Gasteiger partial charge in [-0.1, -0.05) is 49.1 Å². The predicted octanol–water partition coefficient (Wildman–Crippen LogP) is 5.31. The molecule has 0 spiro atoms. The van der Waals surface area contributed by atoms with Crippen LogP contribution >= 0.6 is 11.6 Å². The highest BCUT2D eigenvalue weighted by atomic mass is 35.5. The molecule has 0 saturated heterocycles. The average Bonchev–Trinajstić information content (AvgIpc) is 3.15. The second-order valence-corrected chi connectivity index (χ2v) is 10.4. The Bertz CT molecular complexity index is 1180. The normalized spacial score (nSPS) is 15.3. The van der Waals surface area contributed by atoms with E-state index in [1.807, 2.05) is 30.0 Å². The van der Waals surface area contributed by atoms with E-state index in [0.717, 1.165) is 31.2 Å². The average molecular weight is 459 g/mol. The zero-order valence-corrected chi connectivity index (χ0v) is 19.2. The topological polar surface area (TPSA) is 59.4 Å². The number of aromatic nitrogens is 1. The lowest BCUT2D eigenvalue weighted by atomic mass is 9.94. The van der Waals surface area contributed by atoms with Crippen molar-refractivity contribution < 1.29 is 13.2 Å². The molecule has 4 rings (SSSR count). The number of benzene rings is 2. The quantitative estimate of drug-likeness (QED) is 0.503. The first kappa shape index (κ1) is 21.9. The molecule has 5 nitrogen and oxygen atoms in total. The van der Waals surface area contributed by atoms with Crippen LogP contribution in [0.5, 0.6) is 0 Å². The highest BCUT2D eigenvalue weighted by Crippen LogP contribution is 2.31. The molecule has 31 heavy (non-hydrogen) atoms. The smallest absolute Gasteiger partial charge is 0.242 e. The minimum atomic E-state index is -3.75. The largest absolute Gasteiger partial charge is 0.338 e. The van der Waals surface area contributed by atoms with Crippen molar-refractivity contribution in [3.63, 3.8) is 0 Å². The number of carbonyl (C=O) groups excluding carboxylic acids is 1. The zero-order chi connectivity index (χ0) is 22.0. The number of hydrogen-bond donors (Lipinski definition) is 0. The van der Waals surface area contributed by atoms with Crippen molar-refractivity contribution in [1.29, 1.82) is 0 Å². The Morgan fingerprint density at radius 1 is 1.06 bits per heavy atom. The van der Waals surface area contributed by atoms with Gasteiger partial charge in [-0.25, -0.2) is 8.42 Å². The van der Waals surface area contributed by atoms with E-state index in [9.17, 15) is 13.2 Å². The van der Waals surface area contributed by atoms with Crippen LogP contribution in [0.1, 0.15) is 39.0 Å². The maximum Gasteiger partial charge on any atom is 0.242 e. The summed E-state index contributed by atoms with van der Waals surface area (Å²) in [4.78, 5) is 15.5. The van der Waals surface area contributed by atoms with Crippen LogP contribution < -0.4 is 0 Å². The van der Waals surface area contributed by atoms with E-state index in [2.05, 4.69) is 0 Å². The molecule has 1 aromatic heterocycles. The Kier molecular flexibility index (Phi) is 6.39. The van der Waals surface area contributed by atoms with Crippen LogP contribution in [0.25, 0.3) is 10.9 Å². The van der Waals surface area contributed by atoms with Gasteiger partial charge < -0.3 is 9.47 Å². The molecule has 0 bridgehead atoms. The van der Waals surface area contributed by atoms with Gasteiger partial charge in [0.25, 0.3) is 0 Å². The molecular formula is C24H27ClN2O3S. The minimum Gasteiger partial charge on any atom is -0.338 e. The Balaban J connectivity index is 1.70. The fourth-order valence-corrected chi connectivity index (χ4v) is 6.17. The Morgan fingerprint density at radius 3 is 2.42 bits per heavy atom. The molecule has 0 N–H and O–H groups in total. The number of rotatable bonds is 6. The van der Waals surface area contributed by atoms with Crippen LogP contribution in [0.3, 0.4) is 0 Å². The van der Waals surface area contributed by atoms with Crippen molar-refractivity contribution in [2.45, 2.75) is 61.4 Å². The van der Waals surface area contributed by atoms with E-state index in [4.69, 9.17) is 11.6 Å². The first-order valence-corrected chi connectivity index (χ1v) is 12.7. The number of hydrogen-bond acceptors (Lipinski definition) is 3. The molecule has 164 valence electrons. The maximum atomic E-state index is 13.3. The van der Waals surface area contributed by atoms with Crippen LogP contribution in [-0.2, 0) is 21.2 Å². The molecule has 0 aliphatic heterocycles. The molecule has 1 aliphatic carbocycles. The van der Waals surface area contributed by atoms with E-state index in [1.165, 1.54) is 18.6 Å². The van der Waals surface area contributed by atoms with Crippen molar-refractivity contribution >= 4 is 38.2 Å². The summed E-state index contributed by atoms with van der Waals surface area (Å²) in [6, 6.07) is 13.8. The standard InChI is InChI=1S/C24H27ClN2O3S/c1-2-27(19-8-4-3-5-9-19)24(28)17-26-16-23(21-10-6-7-11-22(21)26)31(29,30)20-14-12-18(25)13-15-20/h6-7,10-16,19H,2-5,8-9,17H2,1H3. The van der Waals surface area contributed by atoms with Gasteiger partial charge >= 0.3 is 0 Å². The number of likely N-dealkylation sites (N-methyl/N-ethyl adjacent to an activating group) is 1. The van der Waals surface area contributed by atoms with E-state index in [0.29, 0.717) is 17.0 Å². The van der Waals surface area contributed by atoms with E-state index >= 15 is 0 Å². The molecule has 7 heteroatoms. The van der Waals surface area contributed by atoms with Gasteiger partial charge in [0.15, 0.2) is 0 Å². The van der Waals surface area contributed by atoms with Crippen LogP contribution in [0, 0.1) is 0 Å². The summed E-state index contributed by atoms with van der Waals surface area (Å²) < 4.78 is 28.5. The second kappa shape index (κ2) is 9.05. The number of sulfone groups is 1. The molecule has 1 saturated carbocycles. The number of para-hydroxylation sites is 1. The summed E-state index contributed by atoms with van der Waals surface area (Å²) in [7, 11) is -3.75. The molecule has 2 aromatic carbocycles. The number of amides is 1. The van der Waals surface area contributed by atoms with Gasteiger partial charge in [-0.05, 0) is 50.1 Å². The molecule has 1 heterocycles. The lowest BCUT2D eigenvalue weighted by Crippen LogP contribution is -2.42. The van der Waals surface area contributed by atoms with Gasteiger partial charge in [0.1, 0.15) is 6.54 Å². The summed E-state index contributed by atoms with van der Waals surface area (Å²) in [5.41, 5.74) is 0.739. The zero-order valence-electron chi connectivity index (χ0n) is 17.6. The van der Waals surface area contributed by atoms with Crippen molar-refractivity contribution in [3.8, 4) is 0 Å². The first-order valence-electron chi connectivity index (χ1n) is 10.8. The maximum absolute atomic E-state index is 13.3. The monoisotopic (exact) mass is 458 g/mol. The third kappa shape index (κ3) is 4.37. The molecule has 3 aromatic rings.